The highest BCUT2D eigenvalue weighted by Crippen LogP contribution is 2.19. The molecule has 0 radical (unpaired) electrons. The van der Waals surface area contributed by atoms with Gasteiger partial charge in [-0.3, -0.25) is 0 Å². The fourth-order valence-corrected chi connectivity index (χ4v) is 1.34. The van der Waals surface area contributed by atoms with Gasteiger partial charge in [0.2, 0.25) is 0 Å². The van der Waals surface area contributed by atoms with Crippen LogP contribution in [0.4, 0.5) is 0 Å². The number of carbonyl (C=O) groups excluding carboxylic acids is 1. The first kappa shape index (κ1) is 10.5. The van der Waals surface area contributed by atoms with Crippen LogP contribution in [-0.2, 0) is 4.79 Å². The Balaban J connectivity index is 2.65. The Labute approximate surface area is 84.2 Å². The molecule has 0 N–H and O–H groups in total. The Hall–Kier alpha value is -1.62. The highest BCUT2D eigenvalue weighted by Gasteiger charge is 2.10. The molecular weight excluding hydrogens is 174 g/mol. The van der Waals surface area contributed by atoms with Crippen molar-refractivity contribution in [2.75, 3.05) is 0 Å². The smallest absolute Gasteiger partial charge is 0.129 e. The highest BCUT2D eigenvalue weighted by atomic mass is 16.1. The average Bonchev–Trinajstić information content (AvgIpc) is 2.20. The molecule has 1 aromatic carbocycles. The van der Waals surface area contributed by atoms with Gasteiger partial charge in [0.1, 0.15) is 5.78 Å². The van der Waals surface area contributed by atoms with Crippen LogP contribution in [0.25, 0.3) is 0 Å². The van der Waals surface area contributed by atoms with Crippen LogP contribution in [0.2, 0.25) is 0 Å². The first-order chi connectivity index (χ1) is 6.74. The van der Waals surface area contributed by atoms with Gasteiger partial charge >= 0.3 is 0 Å². The van der Waals surface area contributed by atoms with E-state index in [-0.39, 0.29) is 11.7 Å². The van der Waals surface area contributed by atoms with Gasteiger partial charge in [-0.25, -0.2) is 0 Å². The number of rotatable bonds is 4. The van der Waals surface area contributed by atoms with Crippen molar-refractivity contribution in [1.82, 2.24) is 0 Å². The predicted molar refractivity (Wildman–Crippen MR) is 54.7 cm³/mol. The summed E-state index contributed by atoms with van der Waals surface area (Å²) in [7, 11) is 0. The molecule has 0 saturated carbocycles. The standard InChI is InChI=1S/C12H13NO/c1-10(14)7-8-12(9-13)11-5-3-2-4-6-11/h2-6,12H,7-8H2,1H3/t12-/m1/s1. The van der Waals surface area contributed by atoms with Crippen molar-refractivity contribution in [3.8, 4) is 6.07 Å². The lowest BCUT2D eigenvalue weighted by Gasteiger charge is -2.07. The van der Waals surface area contributed by atoms with Crippen molar-refractivity contribution in [2.45, 2.75) is 25.7 Å². The number of hydrogen-bond donors (Lipinski definition) is 0. The maximum atomic E-state index is 10.8. The zero-order valence-corrected chi connectivity index (χ0v) is 8.23. The van der Waals surface area contributed by atoms with E-state index in [2.05, 4.69) is 6.07 Å². The molecule has 72 valence electrons. The van der Waals surface area contributed by atoms with Crippen molar-refractivity contribution in [3.05, 3.63) is 35.9 Å². The monoisotopic (exact) mass is 187 g/mol. The molecule has 0 bridgehead atoms. The lowest BCUT2D eigenvalue weighted by molar-refractivity contribution is -0.117. The van der Waals surface area contributed by atoms with Gasteiger partial charge in [0.05, 0.1) is 12.0 Å². The van der Waals surface area contributed by atoms with Crippen molar-refractivity contribution in [2.24, 2.45) is 0 Å². The Morgan fingerprint density at radius 3 is 2.57 bits per heavy atom. The van der Waals surface area contributed by atoms with E-state index in [4.69, 9.17) is 5.26 Å². The second-order valence-corrected chi connectivity index (χ2v) is 3.33. The van der Waals surface area contributed by atoms with Gasteiger partial charge in [-0.15, -0.1) is 0 Å². The molecule has 2 nitrogen and oxygen atoms in total. The molecule has 1 atom stereocenters. The van der Waals surface area contributed by atoms with Crippen molar-refractivity contribution < 1.29 is 4.79 Å². The number of Topliss-reactive ketones (excluding diaryl/α,β-unsaturated/α-hetero) is 1. The Bertz CT molecular complexity index is 337. The summed E-state index contributed by atoms with van der Waals surface area (Å²) in [5.41, 5.74) is 0.997. The summed E-state index contributed by atoms with van der Waals surface area (Å²) in [6, 6.07) is 11.8. The number of ketones is 1. The van der Waals surface area contributed by atoms with Crippen LogP contribution >= 0.6 is 0 Å². The molecule has 0 aliphatic heterocycles. The van der Waals surface area contributed by atoms with Gasteiger partial charge in [-0.1, -0.05) is 30.3 Å². The van der Waals surface area contributed by atoms with Crippen LogP contribution in [-0.4, -0.2) is 5.78 Å². The van der Waals surface area contributed by atoms with E-state index in [0.29, 0.717) is 12.8 Å². The molecule has 0 fully saturated rings. The van der Waals surface area contributed by atoms with Crippen LogP contribution in [0.1, 0.15) is 31.2 Å². The third-order valence-corrected chi connectivity index (χ3v) is 2.14. The first-order valence-corrected chi connectivity index (χ1v) is 4.68. The SMILES string of the molecule is CC(=O)CC[C@H](C#N)c1ccccc1. The van der Waals surface area contributed by atoms with Gasteiger partial charge in [0.15, 0.2) is 0 Å². The van der Waals surface area contributed by atoms with E-state index >= 15 is 0 Å². The summed E-state index contributed by atoms with van der Waals surface area (Å²) in [5.74, 6) is -0.0127. The van der Waals surface area contributed by atoms with Crippen molar-refractivity contribution in [3.63, 3.8) is 0 Å². The van der Waals surface area contributed by atoms with Gasteiger partial charge in [0.25, 0.3) is 0 Å². The second kappa shape index (κ2) is 5.18. The lowest BCUT2D eigenvalue weighted by atomic mass is 9.95. The molecule has 14 heavy (non-hydrogen) atoms. The number of nitrogens with zero attached hydrogens (tertiary/aromatic N) is 1. The van der Waals surface area contributed by atoms with Crippen LogP contribution < -0.4 is 0 Å². The Morgan fingerprint density at radius 2 is 2.07 bits per heavy atom. The predicted octanol–water partition coefficient (Wildman–Crippen LogP) is 2.66. The minimum Gasteiger partial charge on any atom is -0.300 e. The summed E-state index contributed by atoms with van der Waals surface area (Å²) >= 11 is 0. The maximum absolute atomic E-state index is 10.8. The van der Waals surface area contributed by atoms with E-state index in [0.717, 1.165) is 5.56 Å². The van der Waals surface area contributed by atoms with E-state index < -0.39 is 0 Å². The van der Waals surface area contributed by atoms with Gasteiger partial charge in [-0.05, 0) is 18.9 Å². The van der Waals surface area contributed by atoms with Crippen LogP contribution in [0.3, 0.4) is 0 Å². The number of hydrogen-bond acceptors (Lipinski definition) is 2. The summed E-state index contributed by atoms with van der Waals surface area (Å²) in [6.45, 7) is 1.55. The summed E-state index contributed by atoms with van der Waals surface area (Å²) in [5, 5.41) is 8.93. The third kappa shape index (κ3) is 3.02. The molecule has 0 aromatic heterocycles. The average molecular weight is 187 g/mol. The fraction of sp³-hybridized carbons (Fsp3) is 0.333. The summed E-state index contributed by atoms with van der Waals surface area (Å²) in [6.07, 6.45) is 1.10. The minimum atomic E-state index is -0.153. The van der Waals surface area contributed by atoms with Crippen molar-refractivity contribution in [1.29, 1.82) is 5.26 Å². The molecule has 0 saturated heterocycles. The first-order valence-electron chi connectivity index (χ1n) is 4.68. The van der Waals surface area contributed by atoms with E-state index in [1.165, 1.54) is 0 Å². The summed E-state index contributed by atoms with van der Waals surface area (Å²) < 4.78 is 0. The second-order valence-electron chi connectivity index (χ2n) is 3.33. The Morgan fingerprint density at radius 1 is 1.43 bits per heavy atom. The van der Waals surface area contributed by atoms with Gasteiger partial charge < -0.3 is 4.79 Å². The largest absolute Gasteiger partial charge is 0.300 e. The lowest BCUT2D eigenvalue weighted by Crippen LogP contribution is -1.99. The fourth-order valence-electron chi connectivity index (χ4n) is 1.34. The number of carbonyl (C=O) groups is 1. The molecule has 0 heterocycles. The molecule has 1 aromatic rings. The van der Waals surface area contributed by atoms with Crippen molar-refractivity contribution >= 4 is 5.78 Å². The topological polar surface area (TPSA) is 40.9 Å². The maximum Gasteiger partial charge on any atom is 0.129 e. The molecule has 0 amide bonds. The van der Waals surface area contributed by atoms with E-state index in [9.17, 15) is 4.79 Å². The zero-order valence-electron chi connectivity index (χ0n) is 8.23. The highest BCUT2D eigenvalue weighted by molar-refractivity contribution is 5.75. The number of benzene rings is 1. The summed E-state index contributed by atoms with van der Waals surface area (Å²) in [4.78, 5) is 10.8. The van der Waals surface area contributed by atoms with Gasteiger partial charge in [0, 0.05) is 6.42 Å². The molecule has 1 rings (SSSR count). The molecule has 0 unspecified atom stereocenters. The van der Waals surface area contributed by atoms with Crippen LogP contribution in [0.5, 0.6) is 0 Å². The van der Waals surface area contributed by atoms with E-state index in [1.807, 2.05) is 30.3 Å². The zero-order chi connectivity index (χ0) is 10.4. The minimum absolute atomic E-state index is 0.140. The molecule has 0 aliphatic carbocycles. The van der Waals surface area contributed by atoms with Crippen LogP contribution in [0.15, 0.2) is 30.3 Å². The molecule has 0 spiro atoms. The van der Waals surface area contributed by atoms with E-state index in [1.54, 1.807) is 6.92 Å². The molecular formula is C12H13NO. The normalized spacial score (nSPS) is 11.7. The Kier molecular flexibility index (Phi) is 3.87. The van der Waals surface area contributed by atoms with Crippen LogP contribution in [0, 0.1) is 11.3 Å². The molecule has 0 aliphatic rings. The third-order valence-electron chi connectivity index (χ3n) is 2.14. The van der Waals surface area contributed by atoms with Gasteiger partial charge in [-0.2, -0.15) is 5.26 Å². The number of nitriles is 1. The quantitative estimate of drug-likeness (QED) is 0.727. The molecule has 2 heteroatoms.